The van der Waals surface area contributed by atoms with Crippen LogP contribution in [0.2, 0.25) is 0 Å². The maximum atomic E-state index is 11.1. The van der Waals surface area contributed by atoms with Crippen LogP contribution < -0.4 is 5.73 Å². The summed E-state index contributed by atoms with van der Waals surface area (Å²) in [6.45, 7) is 0.398. The molecule has 0 saturated carbocycles. The number of benzene rings is 1. The molecule has 0 aliphatic heterocycles. The summed E-state index contributed by atoms with van der Waals surface area (Å²) in [6, 6.07) is 5.07. The maximum Gasteiger partial charge on any atom is 0.338 e. The number of rotatable bonds is 3. The Labute approximate surface area is 111 Å². The molecular weight excluding hydrogens is 333 g/mol. The van der Waals surface area contributed by atoms with Gasteiger partial charge in [0.2, 0.25) is 0 Å². The van der Waals surface area contributed by atoms with E-state index in [4.69, 9.17) is 10.8 Å². The zero-order chi connectivity index (χ0) is 12.4. The van der Waals surface area contributed by atoms with E-state index < -0.39 is 5.97 Å². The Kier molecular flexibility index (Phi) is 3.32. The van der Waals surface area contributed by atoms with Gasteiger partial charge in [0.05, 0.1) is 21.9 Å². The van der Waals surface area contributed by atoms with Gasteiger partial charge in [-0.25, -0.2) is 4.79 Å². The molecule has 0 fully saturated rings. The molecule has 0 saturated heterocycles. The number of aromatic nitrogens is 2. The lowest BCUT2D eigenvalue weighted by atomic mass is 10.1. The van der Waals surface area contributed by atoms with Crippen LogP contribution in [0.4, 0.5) is 5.69 Å². The smallest absolute Gasteiger partial charge is 0.338 e. The third-order valence-electron chi connectivity index (χ3n) is 2.33. The summed E-state index contributed by atoms with van der Waals surface area (Å²) < 4.78 is 2.69. The number of carboxylic acids is 1. The summed E-state index contributed by atoms with van der Waals surface area (Å²) in [7, 11) is 0. The van der Waals surface area contributed by atoms with E-state index in [0.29, 0.717) is 12.1 Å². The minimum Gasteiger partial charge on any atom is -0.478 e. The van der Waals surface area contributed by atoms with Gasteiger partial charge in [0.15, 0.2) is 0 Å². The number of carbonyl (C=O) groups is 1. The fourth-order valence-corrected chi connectivity index (χ4v) is 2.06. The van der Waals surface area contributed by atoms with Crippen molar-refractivity contribution in [3.8, 4) is 0 Å². The van der Waals surface area contributed by atoms with E-state index in [-0.39, 0.29) is 11.3 Å². The lowest BCUT2D eigenvalue weighted by Crippen LogP contribution is -2.10. The van der Waals surface area contributed by atoms with Gasteiger partial charge in [0.25, 0.3) is 0 Å². The van der Waals surface area contributed by atoms with Crippen molar-refractivity contribution >= 4 is 34.2 Å². The largest absolute Gasteiger partial charge is 0.478 e. The maximum absolute atomic E-state index is 11.1. The lowest BCUT2D eigenvalue weighted by molar-refractivity contribution is 0.0696. The monoisotopic (exact) mass is 343 g/mol. The van der Waals surface area contributed by atoms with Gasteiger partial charge in [0.1, 0.15) is 0 Å². The van der Waals surface area contributed by atoms with E-state index in [2.05, 4.69) is 27.7 Å². The number of anilines is 1. The molecule has 88 valence electrons. The zero-order valence-corrected chi connectivity index (χ0v) is 11.0. The van der Waals surface area contributed by atoms with E-state index in [1.807, 2.05) is 6.20 Å². The SMILES string of the molecule is Nc1cccc(Cn2cc(I)cn2)c1C(=O)O. The standard InChI is InChI=1S/C11H10IN3O2/c12-8-4-14-15(6-8)5-7-2-1-3-9(13)10(7)11(16)17/h1-4,6H,5,13H2,(H,16,17). The third kappa shape index (κ3) is 2.57. The van der Waals surface area contributed by atoms with Crippen molar-refractivity contribution in [2.75, 3.05) is 5.73 Å². The van der Waals surface area contributed by atoms with Crippen LogP contribution >= 0.6 is 22.6 Å². The van der Waals surface area contributed by atoms with Gasteiger partial charge in [0, 0.05) is 11.9 Å². The number of aromatic carboxylic acids is 1. The highest BCUT2D eigenvalue weighted by Gasteiger charge is 2.13. The predicted molar refractivity (Wildman–Crippen MR) is 71.9 cm³/mol. The van der Waals surface area contributed by atoms with E-state index >= 15 is 0 Å². The number of nitrogens with two attached hydrogens (primary N) is 1. The van der Waals surface area contributed by atoms with Gasteiger partial charge in [-0.15, -0.1) is 0 Å². The first kappa shape index (κ1) is 11.9. The van der Waals surface area contributed by atoms with Crippen molar-refractivity contribution in [2.24, 2.45) is 0 Å². The Morgan fingerprint density at radius 1 is 1.53 bits per heavy atom. The highest BCUT2D eigenvalue weighted by molar-refractivity contribution is 14.1. The van der Waals surface area contributed by atoms with E-state index in [9.17, 15) is 4.79 Å². The number of nitrogens with zero attached hydrogens (tertiary/aromatic N) is 2. The van der Waals surface area contributed by atoms with Gasteiger partial charge in [-0.05, 0) is 34.2 Å². The van der Waals surface area contributed by atoms with E-state index in [1.165, 1.54) is 0 Å². The highest BCUT2D eigenvalue weighted by Crippen LogP contribution is 2.18. The second kappa shape index (κ2) is 4.74. The number of carboxylic acid groups (broad SMARTS) is 1. The van der Waals surface area contributed by atoms with Crippen molar-refractivity contribution in [1.82, 2.24) is 9.78 Å². The van der Waals surface area contributed by atoms with Crippen molar-refractivity contribution < 1.29 is 9.90 Å². The Balaban J connectivity index is 2.39. The van der Waals surface area contributed by atoms with Crippen molar-refractivity contribution in [3.63, 3.8) is 0 Å². The summed E-state index contributed by atoms with van der Waals surface area (Å²) in [4.78, 5) is 11.1. The van der Waals surface area contributed by atoms with Gasteiger partial charge in [-0.3, -0.25) is 4.68 Å². The molecule has 1 heterocycles. The highest BCUT2D eigenvalue weighted by atomic mass is 127. The van der Waals surface area contributed by atoms with E-state index in [1.54, 1.807) is 29.1 Å². The van der Waals surface area contributed by atoms with Crippen molar-refractivity contribution in [1.29, 1.82) is 0 Å². The molecule has 0 atom stereocenters. The molecule has 0 aliphatic carbocycles. The van der Waals surface area contributed by atoms with Crippen LogP contribution in [0.5, 0.6) is 0 Å². The molecule has 0 unspecified atom stereocenters. The van der Waals surface area contributed by atoms with Crippen molar-refractivity contribution in [3.05, 3.63) is 45.3 Å². The van der Waals surface area contributed by atoms with E-state index in [0.717, 1.165) is 3.57 Å². The quantitative estimate of drug-likeness (QED) is 0.658. The molecule has 3 N–H and O–H groups in total. The number of hydrogen-bond acceptors (Lipinski definition) is 3. The van der Waals surface area contributed by atoms with Crippen LogP contribution in [0.15, 0.2) is 30.6 Å². The average molecular weight is 343 g/mol. The molecule has 0 spiro atoms. The van der Waals surface area contributed by atoms with Crippen LogP contribution in [-0.4, -0.2) is 20.9 Å². The molecule has 0 aliphatic rings. The first-order valence-corrected chi connectivity index (χ1v) is 5.94. The molecule has 1 aromatic carbocycles. The summed E-state index contributed by atoms with van der Waals surface area (Å²) in [5, 5.41) is 13.2. The van der Waals surface area contributed by atoms with Gasteiger partial charge in [-0.2, -0.15) is 5.10 Å². The Morgan fingerprint density at radius 3 is 2.88 bits per heavy atom. The average Bonchev–Trinajstić information content (AvgIpc) is 2.63. The summed E-state index contributed by atoms with van der Waals surface area (Å²) in [5.41, 5.74) is 6.74. The number of hydrogen-bond donors (Lipinski definition) is 2. The normalized spacial score (nSPS) is 10.4. The third-order valence-corrected chi connectivity index (χ3v) is 2.89. The molecular formula is C11H10IN3O2. The van der Waals surface area contributed by atoms with Crippen LogP contribution in [0, 0.1) is 3.57 Å². The predicted octanol–water partition coefficient (Wildman–Crippen LogP) is 1.82. The van der Waals surface area contributed by atoms with Crippen LogP contribution in [-0.2, 0) is 6.54 Å². The van der Waals surface area contributed by atoms with Gasteiger partial charge >= 0.3 is 5.97 Å². The molecule has 2 rings (SSSR count). The second-order valence-electron chi connectivity index (χ2n) is 3.54. The van der Waals surface area contributed by atoms with Crippen molar-refractivity contribution in [2.45, 2.75) is 6.54 Å². The fraction of sp³-hybridized carbons (Fsp3) is 0.0909. The molecule has 0 bridgehead atoms. The summed E-state index contributed by atoms with van der Waals surface area (Å²) >= 11 is 2.15. The number of nitrogen functional groups attached to an aromatic ring is 1. The molecule has 5 nitrogen and oxygen atoms in total. The first-order chi connectivity index (χ1) is 8.08. The molecule has 0 radical (unpaired) electrons. The van der Waals surface area contributed by atoms with Gasteiger partial charge < -0.3 is 10.8 Å². The Hall–Kier alpha value is -1.57. The Bertz CT molecular complexity index is 566. The molecule has 1 aromatic heterocycles. The fourth-order valence-electron chi connectivity index (χ4n) is 1.61. The summed E-state index contributed by atoms with van der Waals surface area (Å²) in [6.07, 6.45) is 3.56. The molecule has 6 heteroatoms. The topological polar surface area (TPSA) is 81.1 Å². The molecule has 17 heavy (non-hydrogen) atoms. The van der Waals surface area contributed by atoms with Crippen LogP contribution in [0.3, 0.4) is 0 Å². The molecule has 0 amide bonds. The molecule has 2 aromatic rings. The first-order valence-electron chi connectivity index (χ1n) is 4.86. The summed E-state index contributed by atoms with van der Waals surface area (Å²) in [5.74, 6) is -1.01. The van der Waals surface area contributed by atoms with Crippen LogP contribution in [0.25, 0.3) is 0 Å². The number of halogens is 1. The lowest BCUT2D eigenvalue weighted by Gasteiger charge is -2.08. The van der Waals surface area contributed by atoms with Gasteiger partial charge in [-0.1, -0.05) is 12.1 Å². The van der Waals surface area contributed by atoms with Crippen LogP contribution in [0.1, 0.15) is 15.9 Å². The minimum absolute atomic E-state index is 0.151. The second-order valence-corrected chi connectivity index (χ2v) is 4.79. The Morgan fingerprint density at radius 2 is 2.29 bits per heavy atom. The zero-order valence-electron chi connectivity index (χ0n) is 8.80. The minimum atomic E-state index is -1.01.